The van der Waals surface area contributed by atoms with E-state index in [1.165, 1.54) is 31.3 Å². The highest BCUT2D eigenvalue weighted by Crippen LogP contribution is 2.47. The number of alkyl halides is 7. The third-order valence-electron chi connectivity index (χ3n) is 6.44. The van der Waals surface area contributed by atoms with E-state index in [1.54, 1.807) is 6.92 Å². The molecule has 1 heterocycles. The van der Waals surface area contributed by atoms with E-state index in [1.807, 2.05) is 0 Å². The number of methoxy groups -OCH3 is 3. The minimum atomic E-state index is -5.08. The van der Waals surface area contributed by atoms with Gasteiger partial charge in [-0.1, -0.05) is 0 Å². The summed E-state index contributed by atoms with van der Waals surface area (Å²) in [7, 11) is 3.73. The Morgan fingerprint density at radius 2 is 1.51 bits per heavy atom. The van der Waals surface area contributed by atoms with E-state index >= 15 is 0 Å². The van der Waals surface area contributed by atoms with E-state index in [-0.39, 0.29) is 47.7 Å². The van der Waals surface area contributed by atoms with Gasteiger partial charge in [0.2, 0.25) is 0 Å². The molecule has 2 aromatic rings. The van der Waals surface area contributed by atoms with Gasteiger partial charge in [0.05, 0.1) is 50.1 Å². The van der Waals surface area contributed by atoms with Gasteiger partial charge in [-0.2, -0.15) is 26.3 Å². The van der Waals surface area contributed by atoms with Crippen molar-refractivity contribution in [2.45, 2.75) is 44.3 Å². The highest BCUT2D eigenvalue weighted by molar-refractivity contribution is 6.18. The van der Waals surface area contributed by atoms with Crippen molar-refractivity contribution in [1.29, 1.82) is 0 Å². The average molecular weight is 613 g/mol. The molecule has 2 aromatic carbocycles. The zero-order chi connectivity index (χ0) is 30.7. The molecule has 8 nitrogen and oxygen atoms in total. The van der Waals surface area contributed by atoms with E-state index in [9.17, 15) is 35.9 Å². The third-order valence-corrected chi connectivity index (χ3v) is 6.60. The molecule has 0 N–H and O–H groups in total. The summed E-state index contributed by atoms with van der Waals surface area (Å²) in [6.07, 6.45) is -11.9. The van der Waals surface area contributed by atoms with Crippen molar-refractivity contribution in [3.63, 3.8) is 0 Å². The average Bonchev–Trinajstić information content (AvgIpc) is 2.91. The quantitative estimate of drug-likeness (QED) is 0.247. The van der Waals surface area contributed by atoms with Crippen molar-refractivity contribution in [2.24, 2.45) is 0 Å². The number of hydrogen-bond donors (Lipinski definition) is 0. The number of hydrogen-bond acceptors (Lipinski definition) is 6. The largest absolute Gasteiger partial charge is 0.493 e. The van der Waals surface area contributed by atoms with Gasteiger partial charge in [-0.3, -0.25) is 9.80 Å². The molecule has 0 spiro atoms. The molecule has 0 saturated carbocycles. The first-order valence-corrected chi connectivity index (χ1v) is 12.6. The molecule has 41 heavy (non-hydrogen) atoms. The number of anilines is 1. The van der Waals surface area contributed by atoms with E-state index in [0.717, 1.165) is 12.0 Å². The molecule has 0 fully saturated rings. The summed E-state index contributed by atoms with van der Waals surface area (Å²) in [5.41, 5.74) is -2.97. The van der Waals surface area contributed by atoms with Gasteiger partial charge in [-0.05, 0) is 43.2 Å². The first-order chi connectivity index (χ1) is 19.2. The summed E-state index contributed by atoms with van der Waals surface area (Å²) in [5.74, 6) is 0.442. The van der Waals surface area contributed by atoms with Gasteiger partial charge in [-0.15, -0.1) is 11.6 Å². The molecule has 1 aliphatic rings. The van der Waals surface area contributed by atoms with Crippen LogP contribution in [0.1, 0.15) is 41.6 Å². The van der Waals surface area contributed by atoms with Crippen molar-refractivity contribution in [1.82, 2.24) is 4.90 Å². The highest BCUT2D eigenvalue weighted by atomic mass is 35.5. The van der Waals surface area contributed by atoms with Crippen molar-refractivity contribution in [2.75, 3.05) is 38.7 Å². The number of amides is 2. The van der Waals surface area contributed by atoms with Gasteiger partial charge >= 0.3 is 24.5 Å². The van der Waals surface area contributed by atoms with Crippen LogP contribution in [-0.4, -0.2) is 56.9 Å². The number of benzene rings is 2. The second-order valence-electron chi connectivity index (χ2n) is 9.05. The van der Waals surface area contributed by atoms with Crippen molar-refractivity contribution >= 4 is 29.5 Å². The first-order valence-electron chi connectivity index (χ1n) is 12.1. The molecular formula is C26H27ClF6N2O6. The van der Waals surface area contributed by atoms with Crippen LogP contribution in [0.2, 0.25) is 0 Å². The van der Waals surface area contributed by atoms with Crippen molar-refractivity contribution in [3.05, 3.63) is 52.6 Å². The van der Waals surface area contributed by atoms with Crippen LogP contribution in [0.15, 0.2) is 30.3 Å². The molecule has 2 unspecified atom stereocenters. The Morgan fingerprint density at radius 3 is 2.00 bits per heavy atom. The molecular weight excluding hydrogens is 586 g/mol. The minimum Gasteiger partial charge on any atom is -0.493 e. The zero-order valence-corrected chi connectivity index (χ0v) is 23.1. The van der Waals surface area contributed by atoms with Crippen LogP contribution < -0.4 is 14.4 Å². The zero-order valence-electron chi connectivity index (χ0n) is 22.4. The standard InChI is InChI=1S/C26H27ClF6N2O6/c1-14-7-19(18-11-21(38-2)22(39-3)12-20(18)35(14)24(37)41-6-5-27)34(23(36)40-4)13-15-8-16(25(28,29)30)10-17(9-15)26(31,32)33/h8-12,14,19H,5-7,13H2,1-4H3. The Hall–Kier alpha value is -3.55. The number of carbonyl (C=O) groups is 2. The van der Waals surface area contributed by atoms with Gasteiger partial charge in [0.25, 0.3) is 0 Å². The van der Waals surface area contributed by atoms with Gasteiger partial charge in [0.1, 0.15) is 6.61 Å². The maximum absolute atomic E-state index is 13.5. The molecule has 0 aromatic heterocycles. The molecule has 15 heteroatoms. The summed E-state index contributed by atoms with van der Waals surface area (Å²) in [4.78, 5) is 28.3. The van der Waals surface area contributed by atoms with Crippen LogP contribution in [0.4, 0.5) is 41.6 Å². The van der Waals surface area contributed by atoms with E-state index in [4.69, 9.17) is 30.5 Å². The fourth-order valence-electron chi connectivity index (χ4n) is 4.65. The second kappa shape index (κ2) is 12.5. The molecule has 1 aliphatic heterocycles. The minimum absolute atomic E-state index is 0.00540. The lowest BCUT2D eigenvalue weighted by atomic mass is 9.90. The lowest BCUT2D eigenvalue weighted by Crippen LogP contribution is -2.47. The van der Waals surface area contributed by atoms with Gasteiger partial charge in [0, 0.05) is 24.2 Å². The van der Waals surface area contributed by atoms with E-state index in [0.29, 0.717) is 12.1 Å². The maximum atomic E-state index is 13.5. The van der Waals surface area contributed by atoms with Crippen LogP contribution in [0.3, 0.4) is 0 Å². The van der Waals surface area contributed by atoms with E-state index in [2.05, 4.69) is 0 Å². The predicted molar refractivity (Wildman–Crippen MR) is 135 cm³/mol. The number of rotatable bonds is 7. The molecule has 3 rings (SSSR count). The first kappa shape index (κ1) is 32.0. The third kappa shape index (κ3) is 7.03. The van der Waals surface area contributed by atoms with Gasteiger partial charge in [-0.25, -0.2) is 9.59 Å². The summed E-state index contributed by atoms with van der Waals surface area (Å²) >= 11 is 5.65. The van der Waals surface area contributed by atoms with Crippen LogP contribution in [0.25, 0.3) is 0 Å². The maximum Gasteiger partial charge on any atom is 0.416 e. The van der Waals surface area contributed by atoms with Crippen molar-refractivity contribution < 1.29 is 54.9 Å². The summed E-state index contributed by atoms with van der Waals surface area (Å²) in [6, 6.07) is 2.38. The molecule has 0 radical (unpaired) electrons. The molecule has 0 aliphatic carbocycles. The number of nitrogens with zero attached hydrogens (tertiary/aromatic N) is 2. The molecule has 2 atom stereocenters. The van der Waals surface area contributed by atoms with Crippen LogP contribution >= 0.6 is 11.6 Å². The molecule has 0 bridgehead atoms. The fourth-order valence-corrected chi connectivity index (χ4v) is 4.72. The summed E-state index contributed by atoms with van der Waals surface area (Å²) < 4.78 is 102. The fraction of sp³-hybridized carbons (Fsp3) is 0.462. The second-order valence-corrected chi connectivity index (χ2v) is 9.43. The lowest BCUT2D eigenvalue weighted by Gasteiger charge is -2.42. The summed E-state index contributed by atoms with van der Waals surface area (Å²) in [6.45, 7) is 0.860. The number of ether oxygens (including phenoxy) is 4. The summed E-state index contributed by atoms with van der Waals surface area (Å²) in [5, 5.41) is 0. The SMILES string of the molecule is COC(=O)N(Cc1cc(C(F)(F)F)cc(C(F)(F)F)c1)C1CC(C)N(C(=O)OCCCl)c2cc(OC)c(OC)cc21. The predicted octanol–water partition coefficient (Wildman–Crippen LogP) is 7.03. The Balaban J connectivity index is 2.19. The van der Waals surface area contributed by atoms with Crippen LogP contribution in [0.5, 0.6) is 11.5 Å². The topological polar surface area (TPSA) is 77.5 Å². The Bertz CT molecular complexity index is 1240. The Labute approximate surface area is 236 Å². The van der Waals surface area contributed by atoms with Gasteiger partial charge in [0.15, 0.2) is 11.5 Å². The Morgan fingerprint density at radius 1 is 0.951 bits per heavy atom. The number of fused-ring (bicyclic) bond motifs is 1. The van der Waals surface area contributed by atoms with Crippen LogP contribution in [0, 0.1) is 0 Å². The number of halogens is 7. The Kier molecular flexibility index (Phi) is 9.77. The van der Waals surface area contributed by atoms with Crippen molar-refractivity contribution in [3.8, 4) is 11.5 Å². The molecule has 2 amide bonds. The van der Waals surface area contributed by atoms with Crippen LogP contribution in [-0.2, 0) is 28.4 Å². The normalized spacial score (nSPS) is 17.0. The number of carbonyl (C=O) groups excluding carboxylic acids is 2. The van der Waals surface area contributed by atoms with E-state index < -0.39 is 59.9 Å². The monoisotopic (exact) mass is 612 g/mol. The molecule has 0 saturated heterocycles. The smallest absolute Gasteiger partial charge is 0.416 e. The highest BCUT2D eigenvalue weighted by Gasteiger charge is 2.41. The van der Waals surface area contributed by atoms with Gasteiger partial charge < -0.3 is 18.9 Å². The lowest BCUT2D eigenvalue weighted by molar-refractivity contribution is -0.143. The molecule has 226 valence electrons.